The van der Waals surface area contributed by atoms with Crippen molar-refractivity contribution in [3.05, 3.63) is 29.6 Å². The van der Waals surface area contributed by atoms with Crippen molar-refractivity contribution in [1.29, 1.82) is 0 Å². The van der Waals surface area contributed by atoms with Gasteiger partial charge in [0.25, 0.3) is 5.91 Å². The van der Waals surface area contributed by atoms with Crippen molar-refractivity contribution in [2.75, 3.05) is 5.73 Å². The summed E-state index contributed by atoms with van der Waals surface area (Å²) in [6.45, 7) is 2.05. The Hall–Kier alpha value is -1.58. The van der Waals surface area contributed by atoms with E-state index in [1.807, 2.05) is 6.92 Å². The molecular formula is C13H17FN2O. The third-order valence-electron chi connectivity index (χ3n) is 3.63. The lowest BCUT2D eigenvalue weighted by molar-refractivity contribution is 0.0821. The van der Waals surface area contributed by atoms with E-state index in [9.17, 15) is 9.18 Å². The number of carbonyl (C=O) groups excluding carboxylic acids is 1. The van der Waals surface area contributed by atoms with Crippen LogP contribution < -0.4 is 11.1 Å². The highest BCUT2D eigenvalue weighted by Gasteiger charge is 2.36. The van der Waals surface area contributed by atoms with Crippen molar-refractivity contribution in [3.63, 3.8) is 0 Å². The fourth-order valence-electron chi connectivity index (χ4n) is 2.20. The number of amides is 1. The Bertz CT molecular complexity index is 436. The first-order chi connectivity index (χ1) is 8.06. The first-order valence-corrected chi connectivity index (χ1v) is 5.94. The summed E-state index contributed by atoms with van der Waals surface area (Å²) in [5, 5.41) is 2.98. The molecule has 1 aliphatic carbocycles. The summed E-state index contributed by atoms with van der Waals surface area (Å²) >= 11 is 0. The summed E-state index contributed by atoms with van der Waals surface area (Å²) < 4.78 is 13.1. The number of nitrogens with one attached hydrogen (secondary N) is 1. The number of anilines is 1. The van der Waals surface area contributed by atoms with Crippen molar-refractivity contribution in [3.8, 4) is 0 Å². The molecule has 2 rings (SSSR count). The second-order valence-electron chi connectivity index (χ2n) is 4.67. The smallest absolute Gasteiger partial charge is 0.253 e. The average molecular weight is 236 g/mol. The van der Waals surface area contributed by atoms with Crippen molar-refractivity contribution in [2.24, 2.45) is 0 Å². The van der Waals surface area contributed by atoms with Crippen molar-refractivity contribution < 1.29 is 9.18 Å². The van der Waals surface area contributed by atoms with Gasteiger partial charge in [0.05, 0.1) is 5.56 Å². The van der Waals surface area contributed by atoms with Crippen LogP contribution in [-0.2, 0) is 0 Å². The zero-order chi connectivity index (χ0) is 12.5. The number of carbonyl (C=O) groups is 1. The minimum Gasteiger partial charge on any atom is -0.398 e. The second-order valence-corrected chi connectivity index (χ2v) is 4.67. The normalized spacial score (nSPS) is 17.3. The standard InChI is InChI=1S/C13H17FN2O/c1-2-13(6-3-7-13)16-12(17)10-8-9(14)4-5-11(10)15/h4-5,8H,2-3,6-7,15H2,1H3,(H,16,17). The quantitative estimate of drug-likeness (QED) is 0.792. The van der Waals surface area contributed by atoms with E-state index in [1.165, 1.54) is 18.2 Å². The molecule has 1 saturated carbocycles. The zero-order valence-electron chi connectivity index (χ0n) is 9.92. The number of nitrogens with two attached hydrogens (primary N) is 1. The highest BCUT2D eigenvalue weighted by atomic mass is 19.1. The Kier molecular flexibility index (Phi) is 3.05. The Morgan fingerprint density at radius 3 is 2.76 bits per heavy atom. The Morgan fingerprint density at radius 1 is 1.53 bits per heavy atom. The lowest BCUT2D eigenvalue weighted by Crippen LogP contribution is -2.53. The molecule has 4 heteroatoms. The summed E-state index contributed by atoms with van der Waals surface area (Å²) in [4.78, 5) is 12.0. The number of halogens is 1. The highest BCUT2D eigenvalue weighted by Crippen LogP contribution is 2.35. The van der Waals surface area contributed by atoms with Gasteiger partial charge in [0.15, 0.2) is 0 Å². The SMILES string of the molecule is CCC1(NC(=O)c2cc(F)ccc2N)CCC1. The average Bonchev–Trinajstić information content (AvgIpc) is 2.26. The predicted octanol–water partition coefficient (Wildman–Crippen LogP) is 2.47. The molecule has 0 bridgehead atoms. The van der Waals surface area contributed by atoms with Crippen LogP contribution in [0.25, 0.3) is 0 Å². The molecule has 17 heavy (non-hydrogen) atoms. The van der Waals surface area contributed by atoms with Gasteiger partial charge in [-0.3, -0.25) is 4.79 Å². The van der Waals surface area contributed by atoms with E-state index in [4.69, 9.17) is 5.73 Å². The van der Waals surface area contributed by atoms with Gasteiger partial charge in [0, 0.05) is 11.2 Å². The van der Waals surface area contributed by atoms with Crippen molar-refractivity contribution in [1.82, 2.24) is 5.32 Å². The van der Waals surface area contributed by atoms with Crippen LogP contribution in [0.15, 0.2) is 18.2 Å². The van der Waals surface area contributed by atoms with Gasteiger partial charge in [-0.15, -0.1) is 0 Å². The molecule has 3 nitrogen and oxygen atoms in total. The number of benzene rings is 1. The molecule has 3 N–H and O–H groups in total. The summed E-state index contributed by atoms with van der Waals surface area (Å²) in [6.07, 6.45) is 4.01. The molecule has 1 aromatic carbocycles. The Balaban J connectivity index is 2.17. The molecular weight excluding hydrogens is 219 g/mol. The first kappa shape index (κ1) is 11.9. The van der Waals surface area contributed by atoms with E-state index >= 15 is 0 Å². The molecule has 1 fully saturated rings. The van der Waals surface area contributed by atoms with Crippen LogP contribution >= 0.6 is 0 Å². The maximum atomic E-state index is 13.1. The molecule has 0 unspecified atom stereocenters. The molecule has 0 spiro atoms. The summed E-state index contributed by atoms with van der Waals surface area (Å²) in [7, 11) is 0. The third-order valence-corrected chi connectivity index (χ3v) is 3.63. The maximum absolute atomic E-state index is 13.1. The largest absolute Gasteiger partial charge is 0.398 e. The van der Waals surface area contributed by atoms with E-state index in [1.54, 1.807) is 0 Å². The highest BCUT2D eigenvalue weighted by molar-refractivity contribution is 5.99. The van der Waals surface area contributed by atoms with Gasteiger partial charge in [0.2, 0.25) is 0 Å². The number of hydrogen-bond donors (Lipinski definition) is 2. The van der Waals surface area contributed by atoms with Gasteiger partial charge in [-0.05, 0) is 43.9 Å². The number of nitrogen functional groups attached to an aromatic ring is 1. The van der Waals surface area contributed by atoms with Gasteiger partial charge >= 0.3 is 0 Å². The first-order valence-electron chi connectivity index (χ1n) is 5.94. The van der Waals surface area contributed by atoms with Gasteiger partial charge in [-0.2, -0.15) is 0 Å². The van der Waals surface area contributed by atoms with Gasteiger partial charge in [0.1, 0.15) is 5.82 Å². The molecule has 1 amide bonds. The van der Waals surface area contributed by atoms with Gasteiger partial charge in [-0.1, -0.05) is 6.92 Å². The number of hydrogen-bond acceptors (Lipinski definition) is 2. The lowest BCUT2D eigenvalue weighted by atomic mass is 9.74. The van der Waals surface area contributed by atoms with Crippen LogP contribution in [0.4, 0.5) is 10.1 Å². The monoisotopic (exact) mass is 236 g/mol. The summed E-state index contributed by atoms with van der Waals surface area (Å²) in [5.41, 5.74) is 6.12. The molecule has 0 saturated heterocycles. The topological polar surface area (TPSA) is 55.1 Å². The lowest BCUT2D eigenvalue weighted by Gasteiger charge is -2.42. The molecule has 0 aliphatic heterocycles. The molecule has 0 radical (unpaired) electrons. The minimum atomic E-state index is -0.441. The van der Waals surface area contributed by atoms with E-state index < -0.39 is 5.82 Å². The fourth-order valence-corrected chi connectivity index (χ4v) is 2.20. The molecule has 1 aromatic rings. The molecule has 1 aliphatic rings. The summed E-state index contributed by atoms with van der Waals surface area (Å²) in [5.74, 6) is -0.716. The van der Waals surface area contributed by atoms with Crippen LogP contribution in [0, 0.1) is 5.82 Å². The van der Waals surface area contributed by atoms with Crippen LogP contribution in [-0.4, -0.2) is 11.4 Å². The summed E-state index contributed by atoms with van der Waals surface area (Å²) in [6, 6.07) is 3.86. The Morgan fingerprint density at radius 2 is 2.24 bits per heavy atom. The van der Waals surface area contributed by atoms with Crippen LogP contribution in [0.1, 0.15) is 43.0 Å². The van der Waals surface area contributed by atoms with Gasteiger partial charge in [-0.25, -0.2) is 4.39 Å². The van der Waals surface area contributed by atoms with Crippen molar-refractivity contribution >= 4 is 11.6 Å². The Labute approximate surface area is 100 Å². The van der Waals surface area contributed by atoms with E-state index in [0.29, 0.717) is 5.69 Å². The molecule has 0 atom stereocenters. The van der Waals surface area contributed by atoms with Crippen LogP contribution in [0.3, 0.4) is 0 Å². The van der Waals surface area contributed by atoms with E-state index in [0.717, 1.165) is 25.7 Å². The zero-order valence-corrected chi connectivity index (χ0v) is 9.92. The predicted molar refractivity (Wildman–Crippen MR) is 65.2 cm³/mol. The fraction of sp³-hybridized carbons (Fsp3) is 0.462. The molecule has 92 valence electrons. The third kappa shape index (κ3) is 2.25. The maximum Gasteiger partial charge on any atom is 0.253 e. The van der Waals surface area contributed by atoms with Crippen LogP contribution in [0.2, 0.25) is 0 Å². The van der Waals surface area contributed by atoms with E-state index in [2.05, 4.69) is 5.32 Å². The molecule has 0 heterocycles. The van der Waals surface area contributed by atoms with Crippen molar-refractivity contribution in [2.45, 2.75) is 38.1 Å². The van der Waals surface area contributed by atoms with Gasteiger partial charge < -0.3 is 11.1 Å². The minimum absolute atomic E-state index is 0.101. The van der Waals surface area contributed by atoms with E-state index in [-0.39, 0.29) is 17.0 Å². The second kappa shape index (κ2) is 4.35. The number of rotatable bonds is 3. The van der Waals surface area contributed by atoms with Crippen LogP contribution in [0.5, 0.6) is 0 Å². The molecule has 0 aromatic heterocycles.